The Morgan fingerprint density at radius 3 is 2.56 bits per heavy atom. The van der Waals surface area contributed by atoms with Crippen LogP contribution in [0.25, 0.3) is 0 Å². The number of rotatable bonds is 4. The van der Waals surface area contributed by atoms with Gasteiger partial charge in [-0.1, -0.05) is 0 Å². The maximum absolute atomic E-state index is 11.6. The molecule has 2 aliphatic rings. The molecule has 2 N–H and O–H groups in total. The first-order chi connectivity index (χ1) is 7.46. The molecule has 5 heteroatoms. The van der Waals surface area contributed by atoms with Crippen LogP contribution in [0.4, 0.5) is 0 Å². The van der Waals surface area contributed by atoms with Crippen LogP contribution in [0.3, 0.4) is 0 Å². The molecule has 86 valence electrons. The lowest BCUT2D eigenvalue weighted by atomic mass is 9.99. The van der Waals surface area contributed by atoms with Crippen LogP contribution in [-0.4, -0.2) is 28.8 Å². The van der Waals surface area contributed by atoms with Gasteiger partial charge in [0, 0.05) is 6.54 Å². The van der Waals surface area contributed by atoms with Crippen LogP contribution in [0, 0.1) is 23.2 Å². The van der Waals surface area contributed by atoms with Crippen LogP contribution in [0.1, 0.15) is 26.2 Å². The number of fused-ring (bicyclic) bond motifs is 1. The summed E-state index contributed by atoms with van der Waals surface area (Å²) in [6.07, 6.45) is 1.83. The molecule has 0 aromatic carbocycles. The van der Waals surface area contributed by atoms with Gasteiger partial charge in [0.1, 0.15) is 5.54 Å². The first kappa shape index (κ1) is 11.1. The minimum absolute atomic E-state index is 0.0345. The third kappa shape index (κ3) is 1.81. The van der Waals surface area contributed by atoms with E-state index in [0.29, 0.717) is 19.4 Å². The van der Waals surface area contributed by atoms with Crippen molar-refractivity contribution in [3.05, 3.63) is 0 Å². The lowest BCUT2D eigenvalue weighted by Crippen LogP contribution is -2.37. The van der Waals surface area contributed by atoms with Gasteiger partial charge in [0.15, 0.2) is 0 Å². The van der Waals surface area contributed by atoms with Crippen LogP contribution in [-0.2, 0) is 9.59 Å². The van der Waals surface area contributed by atoms with E-state index < -0.39 is 5.54 Å². The molecule has 3 unspecified atom stereocenters. The number of likely N-dealkylation sites (tertiary alicyclic amines) is 1. The molecular weight excluding hydrogens is 206 g/mol. The molecule has 5 nitrogen and oxygen atoms in total. The third-order valence-electron chi connectivity index (χ3n) is 3.29. The van der Waals surface area contributed by atoms with Crippen molar-refractivity contribution in [2.75, 3.05) is 6.54 Å². The van der Waals surface area contributed by atoms with E-state index in [4.69, 9.17) is 11.0 Å². The van der Waals surface area contributed by atoms with Crippen LogP contribution in [0.15, 0.2) is 0 Å². The Morgan fingerprint density at radius 2 is 2.06 bits per heavy atom. The molecule has 3 atom stereocenters. The van der Waals surface area contributed by atoms with Crippen molar-refractivity contribution in [1.82, 2.24) is 4.90 Å². The molecule has 2 amide bonds. The van der Waals surface area contributed by atoms with Gasteiger partial charge in [-0.2, -0.15) is 5.26 Å². The maximum atomic E-state index is 11.6. The van der Waals surface area contributed by atoms with Crippen molar-refractivity contribution in [2.45, 2.75) is 31.7 Å². The van der Waals surface area contributed by atoms with Gasteiger partial charge in [0.25, 0.3) is 0 Å². The minimum atomic E-state index is -0.866. The van der Waals surface area contributed by atoms with E-state index in [1.165, 1.54) is 4.90 Å². The standard InChI is InChI=1S/C11H15N3O2/c1-11(13,6-12)3-2-4-14-9(15)7-5-8(7)10(14)16/h7-8H,2-5,13H2,1H3. The van der Waals surface area contributed by atoms with E-state index in [2.05, 4.69) is 0 Å². The normalized spacial score (nSPS) is 30.9. The summed E-state index contributed by atoms with van der Waals surface area (Å²) in [6, 6.07) is 2.00. The van der Waals surface area contributed by atoms with Gasteiger partial charge in [-0.15, -0.1) is 0 Å². The van der Waals surface area contributed by atoms with Crippen molar-refractivity contribution < 1.29 is 9.59 Å². The fraction of sp³-hybridized carbons (Fsp3) is 0.727. The van der Waals surface area contributed by atoms with Gasteiger partial charge in [-0.05, 0) is 26.2 Å². The Hall–Kier alpha value is -1.41. The average Bonchev–Trinajstić information content (AvgIpc) is 2.98. The number of piperidine rings is 1. The van der Waals surface area contributed by atoms with E-state index in [0.717, 1.165) is 6.42 Å². The highest BCUT2D eigenvalue weighted by molar-refractivity contribution is 6.08. The average molecular weight is 221 g/mol. The van der Waals surface area contributed by atoms with Crippen molar-refractivity contribution in [3.8, 4) is 6.07 Å². The number of carbonyl (C=O) groups is 2. The number of carbonyl (C=O) groups excluding carboxylic acids is 2. The van der Waals surface area contributed by atoms with Crippen LogP contribution in [0.5, 0.6) is 0 Å². The Labute approximate surface area is 94.2 Å². The van der Waals surface area contributed by atoms with E-state index in [1.54, 1.807) is 6.92 Å². The predicted molar refractivity (Wildman–Crippen MR) is 55.8 cm³/mol. The summed E-state index contributed by atoms with van der Waals surface area (Å²) in [6.45, 7) is 2.05. The number of hydrogen-bond acceptors (Lipinski definition) is 4. The zero-order valence-corrected chi connectivity index (χ0v) is 9.27. The lowest BCUT2D eigenvalue weighted by Gasteiger charge is -2.19. The number of imide groups is 1. The highest BCUT2D eigenvalue weighted by atomic mass is 16.2. The summed E-state index contributed by atoms with van der Waals surface area (Å²) in [5, 5.41) is 8.72. The zero-order valence-electron chi connectivity index (χ0n) is 9.27. The van der Waals surface area contributed by atoms with Crippen LogP contribution >= 0.6 is 0 Å². The predicted octanol–water partition coefficient (Wildman–Crippen LogP) is 0.0125. The first-order valence-electron chi connectivity index (χ1n) is 5.51. The minimum Gasteiger partial charge on any atom is -0.314 e. The summed E-state index contributed by atoms with van der Waals surface area (Å²) < 4.78 is 0. The number of amides is 2. The Balaban J connectivity index is 1.82. The van der Waals surface area contributed by atoms with Crippen molar-refractivity contribution in [3.63, 3.8) is 0 Å². The summed E-state index contributed by atoms with van der Waals surface area (Å²) in [5.74, 6) is -0.142. The summed E-state index contributed by atoms with van der Waals surface area (Å²) in [4.78, 5) is 24.5. The first-order valence-corrected chi connectivity index (χ1v) is 5.51. The van der Waals surface area contributed by atoms with Crippen LogP contribution < -0.4 is 5.73 Å². The monoisotopic (exact) mass is 221 g/mol. The Bertz CT molecular complexity index is 363. The van der Waals surface area contributed by atoms with Gasteiger partial charge >= 0.3 is 0 Å². The fourth-order valence-corrected chi connectivity index (χ4v) is 2.13. The number of nitriles is 1. The van der Waals surface area contributed by atoms with Gasteiger partial charge in [-0.25, -0.2) is 0 Å². The van der Waals surface area contributed by atoms with Gasteiger partial charge < -0.3 is 5.73 Å². The van der Waals surface area contributed by atoms with Crippen LogP contribution in [0.2, 0.25) is 0 Å². The molecular formula is C11H15N3O2. The fourth-order valence-electron chi connectivity index (χ4n) is 2.13. The van der Waals surface area contributed by atoms with E-state index in [9.17, 15) is 9.59 Å². The number of nitrogens with zero attached hydrogens (tertiary/aromatic N) is 2. The number of nitrogens with two attached hydrogens (primary N) is 1. The zero-order chi connectivity index (χ0) is 11.9. The van der Waals surface area contributed by atoms with E-state index in [-0.39, 0.29) is 23.7 Å². The molecule has 0 spiro atoms. The van der Waals surface area contributed by atoms with Gasteiger partial charge in [0.2, 0.25) is 11.8 Å². The molecule has 1 aliphatic carbocycles. The van der Waals surface area contributed by atoms with Crippen molar-refractivity contribution in [1.29, 1.82) is 5.26 Å². The second kappa shape index (κ2) is 3.56. The smallest absolute Gasteiger partial charge is 0.233 e. The highest BCUT2D eigenvalue weighted by Gasteiger charge is 2.58. The lowest BCUT2D eigenvalue weighted by molar-refractivity contribution is -0.141. The largest absolute Gasteiger partial charge is 0.314 e. The molecule has 16 heavy (non-hydrogen) atoms. The molecule has 0 aromatic rings. The molecule has 2 rings (SSSR count). The topological polar surface area (TPSA) is 87.2 Å². The molecule has 0 radical (unpaired) electrons. The van der Waals surface area contributed by atoms with Crippen molar-refractivity contribution >= 4 is 11.8 Å². The molecule has 0 aromatic heterocycles. The number of hydrogen-bond donors (Lipinski definition) is 1. The molecule has 1 saturated carbocycles. The Kier molecular flexibility index (Phi) is 2.47. The highest BCUT2D eigenvalue weighted by Crippen LogP contribution is 2.46. The summed E-state index contributed by atoms with van der Waals surface area (Å²) >= 11 is 0. The molecule has 2 fully saturated rings. The summed E-state index contributed by atoms with van der Waals surface area (Å²) in [5.41, 5.74) is 4.79. The second-order valence-corrected chi connectivity index (χ2v) is 4.91. The molecule has 1 saturated heterocycles. The van der Waals surface area contributed by atoms with Gasteiger partial charge in [-0.3, -0.25) is 14.5 Å². The molecule has 1 aliphatic heterocycles. The Morgan fingerprint density at radius 1 is 1.50 bits per heavy atom. The van der Waals surface area contributed by atoms with E-state index >= 15 is 0 Å². The molecule has 1 heterocycles. The quantitative estimate of drug-likeness (QED) is 0.677. The third-order valence-corrected chi connectivity index (χ3v) is 3.29. The maximum Gasteiger partial charge on any atom is 0.233 e. The van der Waals surface area contributed by atoms with E-state index in [1.807, 2.05) is 6.07 Å². The second-order valence-electron chi connectivity index (χ2n) is 4.91. The van der Waals surface area contributed by atoms with Crippen molar-refractivity contribution in [2.24, 2.45) is 17.6 Å². The SMILES string of the molecule is CC(N)(C#N)CCCN1C(=O)C2CC2C1=O. The summed E-state index contributed by atoms with van der Waals surface area (Å²) in [7, 11) is 0. The van der Waals surface area contributed by atoms with Gasteiger partial charge in [0.05, 0.1) is 17.9 Å². The molecule has 0 bridgehead atoms.